The van der Waals surface area contributed by atoms with Crippen molar-refractivity contribution in [1.29, 1.82) is 0 Å². The van der Waals surface area contributed by atoms with Gasteiger partial charge in [-0.3, -0.25) is 4.79 Å². The van der Waals surface area contributed by atoms with Crippen molar-refractivity contribution in [2.75, 3.05) is 27.4 Å². The molecule has 0 spiro atoms. The zero-order chi connectivity index (χ0) is 19.2. The highest BCUT2D eigenvalue weighted by Gasteiger charge is 2.24. The first kappa shape index (κ1) is 19.3. The number of benzene rings is 2. The summed E-state index contributed by atoms with van der Waals surface area (Å²) in [5.74, 6) is 0.541. The van der Waals surface area contributed by atoms with Crippen LogP contribution >= 0.6 is 11.6 Å². The van der Waals surface area contributed by atoms with Crippen molar-refractivity contribution in [3.05, 3.63) is 64.8 Å². The van der Waals surface area contributed by atoms with Crippen LogP contribution in [0.4, 0.5) is 0 Å². The van der Waals surface area contributed by atoms with E-state index in [0.29, 0.717) is 24.6 Å². The van der Waals surface area contributed by atoms with Gasteiger partial charge in [-0.2, -0.15) is 0 Å². The maximum Gasteiger partial charge on any atom is 0.221 e. The molecule has 0 saturated heterocycles. The minimum Gasteiger partial charge on any atom is -0.496 e. The van der Waals surface area contributed by atoms with Gasteiger partial charge in [-0.05, 0) is 29.8 Å². The van der Waals surface area contributed by atoms with Gasteiger partial charge in [0.15, 0.2) is 0 Å². The molecule has 1 unspecified atom stereocenters. The van der Waals surface area contributed by atoms with Gasteiger partial charge in [-0.1, -0.05) is 29.8 Å². The van der Waals surface area contributed by atoms with Crippen LogP contribution in [0.3, 0.4) is 0 Å². The number of aromatic amines is 1. The minimum atomic E-state index is -0.170. The Labute approximate surface area is 163 Å². The van der Waals surface area contributed by atoms with E-state index in [0.717, 1.165) is 27.8 Å². The van der Waals surface area contributed by atoms with Crippen LogP contribution in [0.5, 0.6) is 5.75 Å². The fourth-order valence-corrected chi connectivity index (χ4v) is 3.47. The molecule has 6 heteroatoms. The number of hydrogen-bond donors (Lipinski definition) is 2. The summed E-state index contributed by atoms with van der Waals surface area (Å²) in [7, 11) is 3.25. The Morgan fingerprint density at radius 1 is 1.19 bits per heavy atom. The highest BCUT2D eigenvalue weighted by molar-refractivity contribution is 6.31. The van der Waals surface area contributed by atoms with E-state index in [-0.39, 0.29) is 11.8 Å². The van der Waals surface area contributed by atoms with Gasteiger partial charge in [0, 0.05) is 53.7 Å². The summed E-state index contributed by atoms with van der Waals surface area (Å²) in [6.45, 7) is 0.960. The third kappa shape index (κ3) is 4.43. The second kappa shape index (κ2) is 8.93. The van der Waals surface area contributed by atoms with Gasteiger partial charge in [-0.25, -0.2) is 0 Å². The quantitative estimate of drug-likeness (QED) is 0.572. The fourth-order valence-electron chi connectivity index (χ4n) is 3.29. The number of rotatable bonds is 8. The van der Waals surface area contributed by atoms with E-state index in [4.69, 9.17) is 21.1 Å². The van der Waals surface area contributed by atoms with Crippen molar-refractivity contribution < 1.29 is 14.3 Å². The molecular weight excluding hydrogens is 364 g/mol. The van der Waals surface area contributed by atoms with E-state index in [1.807, 2.05) is 48.7 Å². The van der Waals surface area contributed by atoms with Crippen molar-refractivity contribution >= 4 is 28.4 Å². The molecule has 1 amide bonds. The van der Waals surface area contributed by atoms with Crippen LogP contribution in [0.25, 0.3) is 10.9 Å². The first-order valence-electron chi connectivity index (χ1n) is 8.79. The largest absolute Gasteiger partial charge is 0.496 e. The SMILES string of the molecule is COCCNC(=O)CC(c1ccccc1OC)c1c[nH]c2ccc(Cl)cc12. The summed E-state index contributed by atoms with van der Waals surface area (Å²) in [6, 6.07) is 13.5. The molecule has 3 aromatic rings. The normalized spacial score (nSPS) is 12.1. The number of fused-ring (bicyclic) bond motifs is 1. The lowest BCUT2D eigenvalue weighted by Gasteiger charge is -2.20. The number of nitrogens with one attached hydrogen (secondary N) is 2. The van der Waals surface area contributed by atoms with E-state index in [9.17, 15) is 4.79 Å². The van der Waals surface area contributed by atoms with Crippen LogP contribution in [0.15, 0.2) is 48.7 Å². The lowest BCUT2D eigenvalue weighted by Crippen LogP contribution is -2.28. The standard InChI is InChI=1S/C21H23ClN2O3/c1-26-10-9-23-21(25)12-16(15-5-3-4-6-20(15)27-2)18-13-24-19-8-7-14(22)11-17(18)19/h3-8,11,13,16,24H,9-10,12H2,1-2H3,(H,23,25). The molecule has 5 nitrogen and oxygen atoms in total. The third-order valence-electron chi connectivity index (χ3n) is 4.58. The molecule has 0 aliphatic rings. The van der Waals surface area contributed by atoms with E-state index in [1.165, 1.54) is 0 Å². The molecule has 1 aromatic heterocycles. The molecule has 0 saturated carbocycles. The molecule has 2 N–H and O–H groups in total. The van der Waals surface area contributed by atoms with Crippen LogP contribution < -0.4 is 10.1 Å². The van der Waals surface area contributed by atoms with E-state index in [2.05, 4.69) is 10.3 Å². The van der Waals surface area contributed by atoms with Gasteiger partial charge < -0.3 is 19.8 Å². The molecule has 0 radical (unpaired) electrons. The van der Waals surface area contributed by atoms with Gasteiger partial charge in [0.1, 0.15) is 5.75 Å². The second-order valence-corrected chi connectivity index (χ2v) is 6.71. The molecule has 0 aliphatic heterocycles. The van der Waals surface area contributed by atoms with Crippen LogP contribution in [0.2, 0.25) is 5.02 Å². The number of para-hydroxylation sites is 1. The van der Waals surface area contributed by atoms with Crippen molar-refractivity contribution in [1.82, 2.24) is 10.3 Å². The summed E-state index contributed by atoms with van der Waals surface area (Å²) in [5.41, 5.74) is 2.95. The maximum atomic E-state index is 12.6. The van der Waals surface area contributed by atoms with Crippen LogP contribution in [-0.4, -0.2) is 38.3 Å². The van der Waals surface area contributed by atoms with Crippen LogP contribution in [0.1, 0.15) is 23.5 Å². The molecular formula is C21H23ClN2O3. The monoisotopic (exact) mass is 386 g/mol. The third-order valence-corrected chi connectivity index (χ3v) is 4.82. The Kier molecular flexibility index (Phi) is 6.37. The smallest absolute Gasteiger partial charge is 0.221 e. The number of hydrogen-bond acceptors (Lipinski definition) is 3. The van der Waals surface area contributed by atoms with Crippen molar-refractivity contribution in [3.63, 3.8) is 0 Å². The molecule has 0 fully saturated rings. The number of halogens is 1. The average molecular weight is 387 g/mol. The molecule has 0 aliphatic carbocycles. The van der Waals surface area contributed by atoms with E-state index < -0.39 is 0 Å². The van der Waals surface area contributed by atoms with Crippen molar-refractivity contribution in [2.24, 2.45) is 0 Å². The van der Waals surface area contributed by atoms with Crippen molar-refractivity contribution in [2.45, 2.75) is 12.3 Å². The first-order valence-corrected chi connectivity index (χ1v) is 9.17. The van der Waals surface area contributed by atoms with Gasteiger partial charge in [-0.15, -0.1) is 0 Å². The van der Waals surface area contributed by atoms with Crippen LogP contribution in [-0.2, 0) is 9.53 Å². The molecule has 1 heterocycles. The van der Waals surface area contributed by atoms with E-state index >= 15 is 0 Å². The number of amides is 1. The first-order chi connectivity index (χ1) is 13.1. The summed E-state index contributed by atoms with van der Waals surface area (Å²) in [5, 5.41) is 4.56. The Hall–Kier alpha value is -2.50. The number of carbonyl (C=O) groups is 1. The van der Waals surface area contributed by atoms with Crippen molar-refractivity contribution in [3.8, 4) is 5.75 Å². The zero-order valence-corrected chi connectivity index (χ0v) is 16.2. The predicted molar refractivity (Wildman–Crippen MR) is 108 cm³/mol. The number of methoxy groups -OCH3 is 2. The number of H-pyrrole nitrogens is 1. The molecule has 2 aromatic carbocycles. The topological polar surface area (TPSA) is 63.4 Å². The lowest BCUT2D eigenvalue weighted by atomic mass is 9.87. The zero-order valence-electron chi connectivity index (χ0n) is 15.4. The molecule has 3 rings (SSSR count). The molecule has 142 valence electrons. The Bertz CT molecular complexity index is 923. The molecule has 27 heavy (non-hydrogen) atoms. The summed E-state index contributed by atoms with van der Waals surface area (Å²) in [6.07, 6.45) is 2.24. The number of ether oxygens (including phenoxy) is 2. The van der Waals surface area contributed by atoms with Gasteiger partial charge in [0.2, 0.25) is 5.91 Å². The lowest BCUT2D eigenvalue weighted by molar-refractivity contribution is -0.121. The minimum absolute atomic E-state index is 0.0423. The summed E-state index contributed by atoms with van der Waals surface area (Å²) < 4.78 is 10.6. The Morgan fingerprint density at radius 3 is 2.78 bits per heavy atom. The molecule has 1 atom stereocenters. The average Bonchev–Trinajstić information content (AvgIpc) is 3.09. The maximum absolute atomic E-state index is 12.6. The Balaban J connectivity index is 2.01. The van der Waals surface area contributed by atoms with Gasteiger partial charge in [0.25, 0.3) is 0 Å². The van der Waals surface area contributed by atoms with Gasteiger partial charge >= 0.3 is 0 Å². The van der Waals surface area contributed by atoms with Gasteiger partial charge in [0.05, 0.1) is 13.7 Å². The van der Waals surface area contributed by atoms with Crippen LogP contribution in [0, 0.1) is 0 Å². The summed E-state index contributed by atoms with van der Waals surface area (Å²) >= 11 is 6.22. The fraction of sp³-hybridized carbons (Fsp3) is 0.286. The summed E-state index contributed by atoms with van der Waals surface area (Å²) in [4.78, 5) is 15.8. The number of aromatic nitrogens is 1. The second-order valence-electron chi connectivity index (χ2n) is 6.28. The highest BCUT2D eigenvalue weighted by atomic mass is 35.5. The Morgan fingerprint density at radius 2 is 2.00 bits per heavy atom. The molecule has 0 bridgehead atoms. The predicted octanol–water partition coefficient (Wildman–Crippen LogP) is 4.11. The van der Waals surface area contributed by atoms with E-state index in [1.54, 1.807) is 14.2 Å². The number of carbonyl (C=O) groups excluding carboxylic acids is 1. The highest BCUT2D eigenvalue weighted by Crippen LogP contribution is 2.38.